The smallest absolute Gasteiger partial charge is 0.0952 e. The minimum absolute atomic E-state index is 0.301. The Kier molecular flexibility index (Phi) is 3.09. The summed E-state index contributed by atoms with van der Waals surface area (Å²) < 4.78 is 0. The Balaban J connectivity index is 2.94. The first kappa shape index (κ1) is 9.52. The van der Waals surface area contributed by atoms with Crippen molar-refractivity contribution < 1.29 is 5.11 Å². The highest BCUT2D eigenvalue weighted by atomic mass is 35.5. The van der Waals surface area contributed by atoms with Gasteiger partial charge in [-0.05, 0) is 13.0 Å². The lowest BCUT2D eigenvalue weighted by Gasteiger charge is -2.15. The van der Waals surface area contributed by atoms with Crippen molar-refractivity contribution in [3.05, 3.63) is 34.9 Å². The van der Waals surface area contributed by atoms with Crippen LogP contribution in [0.25, 0.3) is 0 Å². The van der Waals surface area contributed by atoms with Crippen LogP contribution in [0.2, 0.25) is 5.02 Å². The third-order valence-electron chi connectivity index (χ3n) is 1.72. The zero-order valence-electron chi connectivity index (χ0n) is 6.87. The monoisotopic (exact) mass is 185 g/mol. The van der Waals surface area contributed by atoms with E-state index in [0.717, 1.165) is 0 Å². The van der Waals surface area contributed by atoms with Crippen molar-refractivity contribution in [3.8, 4) is 0 Å². The van der Waals surface area contributed by atoms with Crippen LogP contribution in [0.4, 0.5) is 0 Å². The molecule has 1 aromatic carbocycles. The number of rotatable bonds is 2. The van der Waals surface area contributed by atoms with Crippen LogP contribution < -0.4 is 5.73 Å². The van der Waals surface area contributed by atoms with Crippen molar-refractivity contribution in [2.75, 3.05) is 0 Å². The summed E-state index contributed by atoms with van der Waals surface area (Å²) >= 11 is 5.85. The number of aliphatic hydroxyl groups is 1. The van der Waals surface area contributed by atoms with Gasteiger partial charge >= 0.3 is 0 Å². The summed E-state index contributed by atoms with van der Waals surface area (Å²) in [4.78, 5) is 0. The van der Waals surface area contributed by atoms with Crippen LogP contribution >= 0.6 is 11.6 Å². The van der Waals surface area contributed by atoms with Crippen molar-refractivity contribution in [1.82, 2.24) is 0 Å². The van der Waals surface area contributed by atoms with Gasteiger partial charge in [0.2, 0.25) is 0 Å². The molecular formula is C9H12ClNO. The van der Waals surface area contributed by atoms with Crippen LogP contribution in [0, 0.1) is 0 Å². The first-order valence-electron chi connectivity index (χ1n) is 3.81. The molecule has 0 fully saturated rings. The molecule has 1 rings (SSSR count). The normalized spacial score (nSPS) is 15.7. The number of hydrogen-bond acceptors (Lipinski definition) is 2. The summed E-state index contributed by atoms with van der Waals surface area (Å²) in [5.41, 5.74) is 6.22. The maximum absolute atomic E-state index is 9.57. The van der Waals surface area contributed by atoms with Gasteiger partial charge in [-0.2, -0.15) is 0 Å². The molecule has 0 amide bonds. The summed E-state index contributed by atoms with van der Waals surface area (Å²) in [6.45, 7) is 1.74. The van der Waals surface area contributed by atoms with Crippen LogP contribution in [0.3, 0.4) is 0 Å². The summed E-state index contributed by atoms with van der Waals surface area (Å²) in [5.74, 6) is 0. The first-order valence-corrected chi connectivity index (χ1v) is 4.19. The van der Waals surface area contributed by atoms with Crippen LogP contribution in [0.5, 0.6) is 0 Å². The molecule has 0 unspecified atom stereocenters. The molecule has 0 aliphatic heterocycles. The fourth-order valence-electron chi connectivity index (χ4n) is 0.998. The lowest BCUT2D eigenvalue weighted by molar-refractivity contribution is 0.153. The van der Waals surface area contributed by atoms with E-state index in [0.29, 0.717) is 10.6 Å². The molecule has 0 saturated heterocycles. The summed E-state index contributed by atoms with van der Waals surface area (Å²) in [5, 5.41) is 10.1. The Labute approximate surface area is 77.0 Å². The molecule has 0 aliphatic rings. The number of nitrogens with two attached hydrogens (primary N) is 1. The minimum atomic E-state index is -0.682. The second-order valence-electron chi connectivity index (χ2n) is 2.83. The highest BCUT2D eigenvalue weighted by Gasteiger charge is 2.14. The van der Waals surface area contributed by atoms with E-state index in [1.165, 1.54) is 0 Å². The SMILES string of the molecule is C[C@@H](N)[C@@H](O)c1ccccc1Cl. The second kappa shape index (κ2) is 3.90. The average molecular weight is 186 g/mol. The molecule has 3 heteroatoms. The van der Waals surface area contributed by atoms with Crippen LogP contribution in [-0.2, 0) is 0 Å². The van der Waals surface area contributed by atoms with Gasteiger partial charge in [0, 0.05) is 16.6 Å². The molecule has 0 radical (unpaired) electrons. The van der Waals surface area contributed by atoms with Crippen LogP contribution in [0.15, 0.2) is 24.3 Å². The highest BCUT2D eigenvalue weighted by molar-refractivity contribution is 6.31. The van der Waals surface area contributed by atoms with E-state index in [1.807, 2.05) is 12.1 Å². The summed E-state index contributed by atoms with van der Waals surface area (Å²) in [6, 6.07) is 6.86. The zero-order valence-corrected chi connectivity index (χ0v) is 7.62. The predicted octanol–water partition coefficient (Wildman–Crippen LogP) is 1.72. The van der Waals surface area contributed by atoms with E-state index in [2.05, 4.69) is 0 Å². The van der Waals surface area contributed by atoms with Crippen molar-refractivity contribution in [2.24, 2.45) is 5.73 Å². The van der Waals surface area contributed by atoms with E-state index in [1.54, 1.807) is 19.1 Å². The quantitative estimate of drug-likeness (QED) is 0.737. The predicted molar refractivity (Wildman–Crippen MR) is 50.1 cm³/mol. The Morgan fingerprint density at radius 2 is 2.00 bits per heavy atom. The average Bonchev–Trinajstić information content (AvgIpc) is 2.04. The van der Waals surface area contributed by atoms with Gasteiger partial charge in [0.05, 0.1) is 6.10 Å². The van der Waals surface area contributed by atoms with Gasteiger partial charge in [0.25, 0.3) is 0 Å². The van der Waals surface area contributed by atoms with Gasteiger partial charge in [-0.1, -0.05) is 29.8 Å². The third-order valence-corrected chi connectivity index (χ3v) is 2.07. The topological polar surface area (TPSA) is 46.2 Å². The molecule has 66 valence electrons. The molecule has 0 saturated carbocycles. The second-order valence-corrected chi connectivity index (χ2v) is 3.23. The Morgan fingerprint density at radius 1 is 1.42 bits per heavy atom. The minimum Gasteiger partial charge on any atom is -0.387 e. The van der Waals surface area contributed by atoms with E-state index >= 15 is 0 Å². The van der Waals surface area contributed by atoms with Gasteiger partial charge in [0.1, 0.15) is 0 Å². The molecular weight excluding hydrogens is 174 g/mol. The van der Waals surface area contributed by atoms with Gasteiger partial charge in [0.15, 0.2) is 0 Å². The fourth-order valence-corrected chi connectivity index (χ4v) is 1.25. The van der Waals surface area contributed by atoms with Crippen molar-refractivity contribution in [3.63, 3.8) is 0 Å². The van der Waals surface area contributed by atoms with Gasteiger partial charge < -0.3 is 10.8 Å². The van der Waals surface area contributed by atoms with E-state index < -0.39 is 6.10 Å². The molecule has 0 aliphatic carbocycles. The van der Waals surface area contributed by atoms with Crippen LogP contribution in [-0.4, -0.2) is 11.1 Å². The van der Waals surface area contributed by atoms with E-state index in [-0.39, 0.29) is 6.04 Å². The molecule has 3 N–H and O–H groups in total. The Hall–Kier alpha value is -0.570. The molecule has 1 aromatic rings. The zero-order chi connectivity index (χ0) is 9.14. The summed E-state index contributed by atoms with van der Waals surface area (Å²) in [7, 11) is 0. The van der Waals surface area contributed by atoms with Gasteiger partial charge in [-0.3, -0.25) is 0 Å². The number of hydrogen-bond donors (Lipinski definition) is 2. The van der Waals surface area contributed by atoms with Crippen molar-refractivity contribution in [2.45, 2.75) is 19.1 Å². The fraction of sp³-hybridized carbons (Fsp3) is 0.333. The molecule has 0 bridgehead atoms. The molecule has 2 atom stereocenters. The number of halogens is 1. The Morgan fingerprint density at radius 3 is 2.50 bits per heavy atom. The lowest BCUT2D eigenvalue weighted by atomic mass is 10.0. The van der Waals surface area contributed by atoms with Crippen LogP contribution in [0.1, 0.15) is 18.6 Å². The van der Waals surface area contributed by atoms with Crippen molar-refractivity contribution in [1.29, 1.82) is 0 Å². The van der Waals surface area contributed by atoms with E-state index in [4.69, 9.17) is 17.3 Å². The van der Waals surface area contributed by atoms with Gasteiger partial charge in [-0.25, -0.2) is 0 Å². The first-order chi connectivity index (χ1) is 5.63. The molecule has 0 heterocycles. The third kappa shape index (κ3) is 1.97. The lowest BCUT2D eigenvalue weighted by Crippen LogP contribution is -2.24. The number of aliphatic hydroxyl groups excluding tert-OH is 1. The van der Waals surface area contributed by atoms with Crippen molar-refractivity contribution >= 4 is 11.6 Å². The highest BCUT2D eigenvalue weighted by Crippen LogP contribution is 2.23. The molecule has 0 aromatic heterocycles. The Bertz CT molecular complexity index is 262. The largest absolute Gasteiger partial charge is 0.387 e. The number of benzene rings is 1. The standard InChI is InChI=1S/C9H12ClNO/c1-6(11)9(12)7-4-2-3-5-8(7)10/h2-6,9,12H,11H2,1H3/t6-,9-/m1/s1. The van der Waals surface area contributed by atoms with Gasteiger partial charge in [-0.15, -0.1) is 0 Å². The maximum Gasteiger partial charge on any atom is 0.0952 e. The molecule has 0 spiro atoms. The van der Waals surface area contributed by atoms with E-state index in [9.17, 15) is 5.11 Å². The molecule has 12 heavy (non-hydrogen) atoms. The molecule has 2 nitrogen and oxygen atoms in total. The summed E-state index contributed by atoms with van der Waals surface area (Å²) in [6.07, 6.45) is -0.682. The maximum atomic E-state index is 9.57.